The molecule has 1 saturated carbocycles. The van der Waals surface area contributed by atoms with Crippen LogP contribution in [0.1, 0.15) is 43.6 Å². The number of aromatic nitrogens is 2. The Morgan fingerprint density at radius 1 is 1.31 bits per heavy atom. The maximum atomic E-state index is 12.1. The topological polar surface area (TPSA) is 102 Å². The maximum absolute atomic E-state index is 12.1. The summed E-state index contributed by atoms with van der Waals surface area (Å²) < 4.78 is 0. The van der Waals surface area contributed by atoms with Crippen LogP contribution in [0.15, 0.2) is 18.3 Å². The van der Waals surface area contributed by atoms with Crippen molar-refractivity contribution in [3.05, 3.63) is 23.9 Å². The zero-order chi connectivity index (χ0) is 18.1. The summed E-state index contributed by atoms with van der Waals surface area (Å²) in [4.78, 5) is 33.4. The fraction of sp³-hybridized carbons (Fsp3) is 0.474. The standard InChI is InChI=1S/C19H21N5O2/c20-7-3-17(25)24-9-5-12(6-10-24)15-11-16(23-19(26)13-1-2-13)22-18-14(15)4-8-21-18/h4,8,11-13H,1-3,5-6,9-10H2,(H2,21,22,23,26). The normalized spacial score (nSPS) is 17.9. The molecule has 26 heavy (non-hydrogen) atoms. The molecular weight excluding hydrogens is 330 g/mol. The monoisotopic (exact) mass is 351 g/mol. The number of rotatable bonds is 4. The number of nitriles is 1. The summed E-state index contributed by atoms with van der Waals surface area (Å²) in [6, 6.07) is 5.92. The Morgan fingerprint density at radius 2 is 2.08 bits per heavy atom. The van der Waals surface area contributed by atoms with E-state index in [1.54, 1.807) is 4.90 Å². The third kappa shape index (κ3) is 3.27. The zero-order valence-corrected chi connectivity index (χ0v) is 14.5. The lowest BCUT2D eigenvalue weighted by Crippen LogP contribution is -2.37. The smallest absolute Gasteiger partial charge is 0.236 e. The molecule has 134 valence electrons. The number of fused-ring (bicyclic) bond motifs is 1. The van der Waals surface area contributed by atoms with Crippen LogP contribution >= 0.6 is 0 Å². The molecule has 1 aliphatic heterocycles. The molecule has 0 unspecified atom stereocenters. The number of hydrogen-bond acceptors (Lipinski definition) is 4. The third-order valence-corrected chi connectivity index (χ3v) is 5.28. The molecule has 2 aliphatic rings. The van der Waals surface area contributed by atoms with E-state index in [2.05, 4.69) is 15.3 Å². The van der Waals surface area contributed by atoms with Crippen LogP contribution in [-0.4, -0.2) is 39.8 Å². The summed E-state index contributed by atoms with van der Waals surface area (Å²) in [6.45, 7) is 1.31. The summed E-state index contributed by atoms with van der Waals surface area (Å²) in [6.07, 6.45) is 5.41. The zero-order valence-electron chi connectivity index (χ0n) is 14.5. The van der Waals surface area contributed by atoms with Crippen molar-refractivity contribution in [1.29, 1.82) is 5.26 Å². The van der Waals surface area contributed by atoms with Gasteiger partial charge in [0.15, 0.2) is 0 Å². The Bertz CT molecular complexity index is 885. The molecule has 2 N–H and O–H groups in total. The lowest BCUT2D eigenvalue weighted by Gasteiger charge is -2.32. The van der Waals surface area contributed by atoms with Gasteiger partial charge in [0.25, 0.3) is 0 Å². The van der Waals surface area contributed by atoms with Crippen LogP contribution in [0.4, 0.5) is 5.82 Å². The molecule has 1 aliphatic carbocycles. The number of nitrogens with zero attached hydrogens (tertiary/aromatic N) is 3. The highest BCUT2D eigenvalue weighted by Gasteiger charge is 2.30. The number of carbonyl (C=O) groups excluding carboxylic acids is 2. The third-order valence-electron chi connectivity index (χ3n) is 5.28. The number of nitrogens with one attached hydrogen (secondary N) is 2. The lowest BCUT2D eigenvalue weighted by molar-refractivity contribution is -0.131. The highest BCUT2D eigenvalue weighted by atomic mass is 16.2. The second-order valence-electron chi connectivity index (χ2n) is 7.09. The highest BCUT2D eigenvalue weighted by Crippen LogP contribution is 2.35. The van der Waals surface area contributed by atoms with E-state index >= 15 is 0 Å². The van der Waals surface area contributed by atoms with Gasteiger partial charge in [0.05, 0.1) is 6.07 Å². The van der Waals surface area contributed by atoms with E-state index in [1.165, 1.54) is 0 Å². The van der Waals surface area contributed by atoms with Gasteiger partial charge in [0.1, 0.15) is 17.9 Å². The number of aromatic amines is 1. The van der Waals surface area contributed by atoms with Crippen LogP contribution in [-0.2, 0) is 9.59 Å². The van der Waals surface area contributed by atoms with Crippen molar-refractivity contribution in [3.8, 4) is 6.07 Å². The lowest BCUT2D eigenvalue weighted by atomic mass is 9.88. The van der Waals surface area contributed by atoms with E-state index in [0.717, 1.165) is 42.3 Å². The van der Waals surface area contributed by atoms with Crippen LogP contribution in [0.25, 0.3) is 11.0 Å². The van der Waals surface area contributed by atoms with Crippen LogP contribution in [0.3, 0.4) is 0 Å². The largest absolute Gasteiger partial charge is 0.346 e. The van der Waals surface area contributed by atoms with Gasteiger partial charge in [-0.2, -0.15) is 5.26 Å². The molecule has 7 heteroatoms. The predicted molar refractivity (Wildman–Crippen MR) is 96.2 cm³/mol. The Labute approximate surface area is 151 Å². The number of amides is 2. The van der Waals surface area contributed by atoms with Crippen LogP contribution < -0.4 is 5.32 Å². The molecule has 2 aromatic rings. The molecule has 1 saturated heterocycles. The van der Waals surface area contributed by atoms with Gasteiger partial charge in [-0.1, -0.05) is 0 Å². The summed E-state index contributed by atoms with van der Waals surface area (Å²) in [7, 11) is 0. The van der Waals surface area contributed by atoms with Gasteiger partial charge >= 0.3 is 0 Å². The van der Waals surface area contributed by atoms with Gasteiger partial charge in [-0.3, -0.25) is 9.59 Å². The minimum Gasteiger partial charge on any atom is -0.346 e. The number of hydrogen-bond donors (Lipinski definition) is 2. The summed E-state index contributed by atoms with van der Waals surface area (Å²) >= 11 is 0. The van der Waals surface area contributed by atoms with Gasteiger partial charge in [-0.25, -0.2) is 4.98 Å². The Hall–Kier alpha value is -2.88. The number of anilines is 1. The molecule has 2 aromatic heterocycles. The first-order valence-corrected chi connectivity index (χ1v) is 9.09. The molecule has 4 rings (SSSR count). The highest BCUT2D eigenvalue weighted by molar-refractivity contribution is 5.94. The molecule has 0 aromatic carbocycles. The summed E-state index contributed by atoms with van der Waals surface area (Å²) in [5.74, 6) is 0.985. The van der Waals surface area contributed by atoms with Crippen molar-refractivity contribution in [2.75, 3.05) is 18.4 Å². The Kier molecular flexibility index (Phi) is 4.33. The van der Waals surface area contributed by atoms with Gasteiger partial charge in [-0.05, 0) is 49.3 Å². The van der Waals surface area contributed by atoms with E-state index in [9.17, 15) is 9.59 Å². The van der Waals surface area contributed by atoms with Crippen molar-refractivity contribution < 1.29 is 9.59 Å². The van der Waals surface area contributed by atoms with Gasteiger partial charge in [0, 0.05) is 30.6 Å². The van der Waals surface area contributed by atoms with Crippen molar-refractivity contribution >= 4 is 28.7 Å². The number of carbonyl (C=O) groups is 2. The average molecular weight is 351 g/mol. The summed E-state index contributed by atoms with van der Waals surface area (Å²) in [5, 5.41) is 12.7. The molecule has 0 spiro atoms. The molecular formula is C19H21N5O2. The van der Waals surface area contributed by atoms with E-state index in [4.69, 9.17) is 5.26 Å². The second-order valence-corrected chi connectivity index (χ2v) is 7.09. The average Bonchev–Trinajstić information content (AvgIpc) is 3.40. The summed E-state index contributed by atoms with van der Waals surface area (Å²) in [5.41, 5.74) is 1.94. The second kappa shape index (κ2) is 6.79. The minimum absolute atomic E-state index is 0.0475. The van der Waals surface area contributed by atoms with Gasteiger partial charge in [0.2, 0.25) is 11.8 Å². The Balaban J connectivity index is 1.54. The van der Waals surface area contributed by atoms with Crippen LogP contribution in [0.2, 0.25) is 0 Å². The van der Waals surface area contributed by atoms with E-state index in [-0.39, 0.29) is 24.2 Å². The first-order valence-electron chi connectivity index (χ1n) is 9.09. The molecule has 0 radical (unpaired) electrons. The van der Waals surface area contributed by atoms with E-state index in [1.807, 2.05) is 24.4 Å². The molecule has 0 bridgehead atoms. The number of likely N-dealkylation sites (tertiary alicyclic amines) is 1. The maximum Gasteiger partial charge on any atom is 0.236 e. The SMILES string of the molecule is N#CCC(=O)N1CCC(c2cc(NC(=O)C3CC3)nc3[nH]ccc23)CC1. The molecule has 3 heterocycles. The number of H-pyrrole nitrogens is 1. The van der Waals surface area contributed by atoms with E-state index in [0.29, 0.717) is 24.8 Å². The fourth-order valence-corrected chi connectivity index (χ4v) is 3.66. The van der Waals surface area contributed by atoms with Crippen molar-refractivity contribution in [2.24, 2.45) is 5.92 Å². The number of pyridine rings is 1. The van der Waals surface area contributed by atoms with Crippen molar-refractivity contribution in [1.82, 2.24) is 14.9 Å². The van der Waals surface area contributed by atoms with Crippen molar-refractivity contribution in [2.45, 2.75) is 38.0 Å². The van der Waals surface area contributed by atoms with E-state index < -0.39 is 0 Å². The predicted octanol–water partition coefficient (Wildman–Crippen LogP) is 2.53. The first-order chi connectivity index (χ1) is 12.7. The minimum atomic E-state index is -0.0927. The molecule has 2 amide bonds. The molecule has 0 atom stereocenters. The van der Waals surface area contributed by atoms with Crippen LogP contribution in [0.5, 0.6) is 0 Å². The van der Waals surface area contributed by atoms with Crippen LogP contribution in [0, 0.1) is 17.2 Å². The number of piperidine rings is 1. The quantitative estimate of drug-likeness (QED) is 0.883. The van der Waals surface area contributed by atoms with Gasteiger partial charge < -0.3 is 15.2 Å². The Morgan fingerprint density at radius 3 is 2.77 bits per heavy atom. The first kappa shape index (κ1) is 16.6. The fourth-order valence-electron chi connectivity index (χ4n) is 3.66. The van der Waals surface area contributed by atoms with Crippen molar-refractivity contribution in [3.63, 3.8) is 0 Å². The molecule has 7 nitrogen and oxygen atoms in total. The van der Waals surface area contributed by atoms with Gasteiger partial charge in [-0.15, -0.1) is 0 Å². The molecule has 2 fully saturated rings.